The molecule has 2 amide bonds. The lowest BCUT2D eigenvalue weighted by molar-refractivity contribution is -0.119. The molecule has 0 radical (unpaired) electrons. The van der Waals surface area contributed by atoms with Gasteiger partial charge in [-0.2, -0.15) is 10.4 Å². The fourth-order valence-corrected chi connectivity index (χ4v) is 3.23. The van der Waals surface area contributed by atoms with Crippen LogP contribution in [0.25, 0.3) is 10.9 Å². The lowest BCUT2D eigenvalue weighted by Crippen LogP contribution is -2.46. The van der Waals surface area contributed by atoms with Crippen molar-refractivity contribution in [2.45, 2.75) is 38.3 Å². The lowest BCUT2D eigenvalue weighted by Gasteiger charge is -2.15. The van der Waals surface area contributed by atoms with E-state index >= 15 is 0 Å². The van der Waals surface area contributed by atoms with Gasteiger partial charge in [-0.25, -0.2) is 0 Å². The van der Waals surface area contributed by atoms with Crippen LogP contribution in [-0.2, 0) is 17.8 Å². The molecule has 0 bridgehead atoms. The number of nitrogens with two attached hydrogens (primary N) is 1. The monoisotopic (exact) mass is 389 g/mol. The lowest BCUT2D eigenvalue weighted by atomic mass is 10.1. The van der Waals surface area contributed by atoms with Crippen LogP contribution in [0, 0.1) is 11.3 Å². The van der Waals surface area contributed by atoms with Crippen molar-refractivity contribution in [2.24, 2.45) is 5.73 Å². The summed E-state index contributed by atoms with van der Waals surface area (Å²) in [6, 6.07) is 18.2. The van der Waals surface area contributed by atoms with Crippen molar-refractivity contribution in [3.63, 3.8) is 0 Å². The Morgan fingerprint density at radius 2 is 1.83 bits per heavy atom. The van der Waals surface area contributed by atoms with Gasteiger partial charge in [-0.3, -0.25) is 14.3 Å². The van der Waals surface area contributed by atoms with Gasteiger partial charge in [-0.05, 0) is 24.5 Å². The van der Waals surface area contributed by atoms with E-state index in [9.17, 15) is 9.59 Å². The van der Waals surface area contributed by atoms with Gasteiger partial charge in [-0.15, -0.1) is 0 Å². The second-order valence-corrected chi connectivity index (χ2v) is 6.82. The van der Waals surface area contributed by atoms with Gasteiger partial charge in [0.05, 0.1) is 11.6 Å². The van der Waals surface area contributed by atoms with Crippen LogP contribution in [0.5, 0.6) is 0 Å². The Hall–Kier alpha value is -3.66. The predicted octanol–water partition coefficient (Wildman–Crippen LogP) is 2.56. The zero-order chi connectivity index (χ0) is 20.6. The highest BCUT2D eigenvalue weighted by Gasteiger charge is 2.23. The van der Waals surface area contributed by atoms with Crippen molar-refractivity contribution >= 4 is 22.7 Å². The number of benzene rings is 2. The normalized spacial score (nSPS) is 11.7. The van der Waals surface area contributed by atoms with Crippen LogP contribution in [0.15, 0.2) is 54.6 Å². The van der Waals surface area contributed by atoms with E-state index in [1.165, 1.54) is 0 Å². The first-order valence-electron chi connectivity index (χ1n) is 9.56. The van der Waals surface area contributed by atoms with Gasteiger partial charge in [0.1, 0.15) is 6.04 Å². The molecule has 0 aliphatic carbocycles. The highest BCUT2D eigenvalue weighted by molar-refractivity contribution is 6.06. The van der Waals surface area contributed by atoms with Crippen LogP contribution < -0.4 is 11.1 Å². The molecule has 1 atom stereocenters. The number of hydrogen-bond donors (Lipinski definition) is 2. The Morgan fingerprint density at radius 3 is 2.55 bits per heavy atom. The molecule has 0 fully saturated rings. The minimum Gasteiger partial charge on any atom is -0.368 e. The number of aryl methyl sites for hydroxylation is 1. The number of unbranched alkanes of at least 4 members (excludes halogenated alkanes) is 2. The molecule has 7 nitrogen and oxygen atoms in total. The maximum Gasteiger partial charge on any atom is 0.273 e. The Bertz CT molecular complexity index is 1040. The number of nitrogens with zero attached hydrogens (tertiary/aromatic N) is 3. The fourth-order valence-electron chi connectivity index (χ4n) is 3.23. The van der Waals surface area contributed by atoms with Crippen LogP contribution in [0.2, 0.25) is 0 Å². The number of nitriles is 1. The SMILES string of the molecule is N#CCCCCn1nc(C(=O)N[C@@H](Cc2ccccc2)C(N)=O)c2ccccc21. The molecular weight excluding hydrogens is 366 g/mol. The molecule has 0 saturated carbocycles. The van der Waals surface area contributed by atoms with Gasteiger partial charge in [0, 0.05) is 24.8 Å². The molecule has 0 spiro atoms. The summed E-state index contributed by atoms with van der Waals surface area (Å²) in [6.07, 6.45) is 2.37. The van der Waals surface area contributed by atoms with Crippen LogP contribution in [0.3, 0.4) is 0 Å². The van der Waals surface area contributed by atoms with Crippen molar-refractivity contribution < 1.29 is 9.59 Å². The molecule has 0 unspecified atom stereocenters. The average molecular weight is 389 g/mol. The van der Waals surface area contributed by atoms with Crippen LogP contribution >= 0.6 is 0 Å². The van der Waals surface area contributed by atoms with Gasteiger partial charge in [0.2, 0.25) is 5.91 Å². The highest BCUT2D eigenvalue weighted by Crippen LogP contribution is 2.19. The smallest absolute Gasteiger partial charge is 0.273 e. The molecule has 0 saturated heterocycles. The number of fused-ring (bicyclic) bond motifs is 1. The number of para-hydroxylation sites is 1. The van der Waals surface area contributed by atoms with Gasteiger partial charge in [0.25, 0.3) is 5.91 Å². The highest BCUT2D eigenvalue weighted by atomic mass is 16.2. The zero-order valence-electron chi connectivity index (χ0n) is 16.0. The van der Waals surface area contributed by atoms with Gasteiger partial charge in [0.15, 0.2) is 5.69 Å². The number of amides is 2. The largest absolute Gasteiger partial charge is 0.368 e. The number of primary amides is 1. The van der Waals surface area contributed by atoms with E-state index in [1.54, 1.807) is 4.68 Å². The van der Waals surface area contributed by atoms with Crippen molar-refractivity contribution in [2.75, 3.05) is 0 Å². The first kappa shape index (κ1) is 20.1. The quantitative estimate of drug-likeness (QED) is 0.547. The maximum absolute atomic E-state index is 12.9. The molecule has 1 aromatic heterocycles. The second-order valence-electron chi connectivity index (χ2n) is 6.82. The third-order valence-corrected chi connectivity index (χ3v) is 4.71. The van der Waals surface area contributed by atoms with Crippen molar-refractivity contribution in [1.29, 1.82) is 5.26 Å². The van der Waals surface area contributed by atoms with E-state index in [-0.39, 0.29) is 5.69 Å². The minimum atomic E-state index is -0.829. The molecule has 148 valence electrons. The summed E-state index contributed by atoms with van der Waals surface area (Å²) in [7, 11) is 0. The summed E-state index contributed by atoms with van der Waals surface area (Å²) in [5.74, 6) is -1.03. The topological polar surface area (TPSA) is 114 Å². The van der Waals surface area contributed by atoms with Gasteiger partial charge in [-0.1, -0.05) is 48.5 Å². The molecule has 29 heavy (non-hydrogen) atoms. The number of carbonyl (C=O) groups excluding carboxylic acids is 2. The maximum atomic E-state index is 12.9. The van der Waals surface area contributed by atoms with Crippen molar-refractivity contribution in [1.82, 2.24) is 15.1 Å². The molecule has 7 heteroatoms. The molecule has 3 aromatic rings. The van der Waals surface area contributed by atoms with Crippen molar-refractivity contribution in [3.8, 4) is 6.07 Å². The van der Waals surface area contributed by atoms with E-state index in [0.717, 1.165) is 23.9 Å². The summed E-state index contributed by atoms with van der Waals surface area (Å²) in [5, 5.41) is 16.6. The first-order valence-corrected chi connectivity index (χ1v) is 9.56. The number of carbonyl (C=O) groups is 2. The molecule has 2 aromatic carbocycles. The Morgan fingerprint density at radius 1 is 1.10 bits per heavy atom. The standard InChI is InChI=1S/C22H23N5O2/c23-13-7-2-8-14-27-19-12-6-5-11-17(19)20(26-27)22(29)25-18(21(24)28)15-16-9-3-1-4-10-16/h1,3-6,9-12,18H,2,7-8,14-15H2,(H2,24,28)(H,25,29)/t18-/m0/s1. The van der Waals surface area contributed by atoms with Crippen LogP contribution in [0.4, 0.5) is 0 Å². The van der Waals surface area contributed by atoms with E-state index in [2.05, 4.69) is 16.5 Å². The number of aromatic nitrogens is 2. The zero-order valence-corrected chi connectivity index (χ0v) is 16.0. The second kappa shape index (κ2) is 9.51. The predicted molar refractivity (Wildman–Crippen MR) is 110 cm³/mol. The van der Waals surface area contributed by atoms with E-state index in [1.807, 2.05) is 54.6 Å². The number of nitrogens with one attached hydrogen (secondary N) is 1. The Balaban J connectivity index is 1.80. The van der Waals surface area contributed by atoms with E-state index < -0.39 is 17.9 Å². The molecular formula is C22H23N5O2. The first-order chi connectivity index (χ1) is 14.1. The minimum absolute atomic E-state index is 0.264. The summed E-state index contributed by atoms with van der Waals surface area (Å²) in [5.41, 5.74) is 7.53. The molecule has 0 aliphatic rings. The summed E-state index contributed by atoms with van der Waals surface area (Å²) in [6.45, 7) is 0.610. The van der Waals surface area contributed by atoms with Gasteiger partial charge >= 0.3 is 0 Å². The van der Waals surface area contributed by atoms with Crippen molar-refractivity contribution in [3.05, 3.63) is 65.9 Å². The molecule has 3 N–H and O–H groups in total. The third kappa shape index (κ3) is 4.99. The summed E-state index contributed by atoms with van der Waals surface area (Å²) < 4.78 is 1.78. The van der Waals surface area contributed by atoms with Crippen LogP contribution in [-0.4, -0.2) is 27.6 Å². The van der Waals surface area contributed by atoms with Gasteiger partial charge < -0.3 is 11.1 Å². The fraction of sp³-hybridized carbons (Fsp3) is 0.273. The third-order valence-electron chi connectivity index (χ3n) is 4.71. The summed E-state index contributed by atoms with van der Waals surface area (Å²) in [4.78, 5) is 24.8. The van der Waals surface area contributed by atoms with E-state index in [0.29, 0.717) is 24.8 Å². The van der Waals surface area contributed by atoms with Crippen LogP contribution in [0.1, 0.15) is 35.3 Å². The molecule has 0 aliphatic heterocycles. The Labute approximate surface area is 169 Å². The van der Waals surface area contributed by atoms with E-state index in [4.69, 9.17) is 11.0 Å². The summed E-state index contributed by atoms with van der Waals surface area (Å²) >= 11 is 0. The Kier molecular flexibility index (Phi) is 6.59. The number of rotatable bonds is 9. The number of hydrogen-bond acceptors (Lipinski definition) is 4. The molecule has 3 rings (SSSR count). The average Bonchev–Trinajstić information content (AvgIpc) is 3.10. The molecule has 1 heterocycles.